The molecule has 1 saturated heterocycles. The smallest absolute Gasteiger partial charge is 0.243 e. The molecular formula is C23H31N3O5S. The molecule has 1 fully saturated rings. The van der Waals surface area contributed by atoms with Gasteiger partial charge in [0, 0.05) is 50.1 Å². The SMILES string of the molecule is COc1cc(NC(=O)C(C)N2CCN(S(=O)(=O)c3cc(C)ccc3C)CC2)cc(OC)c1. The molecule has 1 N–H and O–H groups in total. The van der Waals surface area contributed by atoms with Crippen LogP contribution in [0.1, 0.15) is 18.1 Å². The quantitative estimate of drug-likeness (QED) is 0.682. The van der Waals surface area contributed by atoms with Gasteiger partial charge >= 0.3 is 0 Å². The Hall–Kier alpha value is -2.62. The second kappa shape index (κ2) is 9.89. The second-order valence-corrected chi connectivity index (χ2v) is 9.88. The van der Waals surface area contributed by atoms with E-state index in [4.69, 9.17) is 9.47 Å². The Balaban J connectivity index is 1.64. The number of sulfonamides is 1. The van der Waals surface area contributed by atoms with Crippen molar-refractivity contribution >= 4 is 21.6 Å². The third kappa shape index (κ3) is 5.23. The van der Waals surface area contributed by atoms with Crippen LogP contribution in [0.15, 0.2) is 41.3 Å². The minimum atomic E-state index is -3.57. The Kier molecular flexibility index (Phi) is 7.43. The number of carbonyl (C=O) groups is 1. The molecule has 0 bridgehead atoms. The summed E-state index contributed by atoms with van der Waals surface area (Å²) in [7, 11) is -0.469. The van der Waals surface area contributed by atoms with Crippen LogP contribution in [0, 0.1) is 13.8 Å². The summed E-state index contributed by atoms with van der Waals surface area (Å²) in [6.45, 7) is 7.12. The van der Waals surface area contributed by atoms with Crippen LogP contribution in [0.2, 0.25) is 0 Å². The van der Waals surface area contributed by atoms with Crippen LogP contribution in [-0.4, -0.2) is 70.0 Å². The van der Waals surface area contributed by atoms with E-state index < -0.39 is 16.1 Å². The summed E-state index contributed by atoms with van der Waals surface area (Å²) in [5, 5.41) is 2.90. The minimum Gasteiger partial charge on any atom is -0.497 e. The summed E-state index contributed by atoms with van der Waals surface area (Å²) in [6.07, 6.45) is 0. The van der Waals surface area contributed by atoms with E-state index in [2.05, 4.69) is 5.32 Å². The summed E-state index contributed by atoms with van der Waals surface area (Å²) >= 11 is 0. The molecule has 3 rings (SSSR count). The summed E-state index contributed by atoms with van der Waals surface area (Å²) in [5.74, 6) is 0.987. The molecule has 0 spiro atoms. The molecule has 2 aromatic carbocycles. The predicted octanol–water partition coefficient (Wildman–Crippen LogP) is 2.65. The van der Waals surface area contributed by atoms with Crippen LogP contribution < -0.4 is 14.8 Å². The molecule has 1 aliphatic rings. The van der Waals surface area contributed by atoms with Gasteiger partial charge in [-0.05, 0) is 38.0 Å². The number of benzene rings is 2. The molecule has 0 aromatic heterocycles. The highest BCUT2D eigenvalue weighted by molar-refractivity contribution is 7.89. The molecule has 1 atom stereocenters. The minimum absolute atomic E-state index is 0.175. The Morgan fingerprint density at radius 1 is 0.969 bits per heavy atom. The lowest BCUT2D eigenvalue weighted by Gasteiger charge is -2.37. The van der Waals surface area contributed by atoms with Gasteiger partial charge in [-0.25, -0.2) is 8.42 Å². The van der Waals surface area contributed by atoms with E-state index >= 15 is 0 Å². The van der Waals surface area contributed by atoms with Gasteiger partial charge in [-0.15, -0.1) is 0 Å². The number of piperazine rings is 1. The summed E-state index contributed by atoms with van der Waals surface area (Å²) in [5.41, 5.74) is 2.22. The number of nitrogens with one attached hydrogen (secondary N) is 1. The lowest BCUT2D eigenvalue weighted by atomic mass is 10.2. The number of rotatable bonds is 7. The normalized spacial score (nSPS) is 16.4. The van der Waals surface area contributed by atoms with Gasteiger partial charge in [0.25, 0.3) is 0 Å². The van der Waals surface area contributed by atoms with Crippen LogP contribution >= 0.6 is 0 Å². The van der Waals surface area contributed by atoms with E-state index in [1.54, 1.807) is 38.5 Å². The van der Waals surface area contributed by atoms with Gasteiger partial charge in [0.15, 0.2) is 0 Å². The zero-order chi connectivity index (χ0) is 23.5. The van der Waals surface area contributed by atoms with Crippen LogP contribution in [0.5, 0.6) is 11.5 Å². The zero-order valence-electron chi connectivity index (χ0n) is 19.2. The third-order valence-electron chi connectivity index (χ3n) is 5.78. The van der Waals surface area contributed by atoms with Crippen molar-refractivity contribution in [3.8, 4) is 11.5 Å². The number of hydrogen-bond donors (Lipinski definition) is 1. The summed E-state index contributed by atoms with van der Waals surface area (Å²) in [6, 6.07) is 10.2. The molecule has 1 aliphatic heterocycles. The number of anilines is 1. The van der Waals surface area contributed by atoms with E-state index in [9.17, 15) is 13.2 Å². The van der Waals surface area contributed by atoms with Crippen molar-refractivity contribution in [3.63, 3.8) is 0 Å². The number of ether oxygens (including phenoxy) is 2. The van der Waals surface area contributed by atoms with Crippen molar-refractivity contribution in [2.24, 2.45) is 0 Å². The molecule has 1 unspecified atom stereocenters. The molecule has 9 heteroatoms. The Labute approximate surface area is 190 Å². The molecule has 0 saturated carbocycles. The summed E-state index contributed by atoms with van der Waals surface area (Å²) < 4.78 is 38.3. The first-order chi connectivity index (χ1) is 15.1. The number of nitrogens with zero attached hydrogens (tertiary/aromatic N) is 2. The molecule has 32 heavy (non-hydrogen) atoms. The molecule has 0 aliphatic carbocycles. The number of amides is 1. The highest BCUT2D eigenvalue weighted by Gasteiger charge is 2.32. The van der Waals surface area contributed by atoms with Crippen molar-refractivity contribution in [1.29, 1.82) is 0 Å². The lowest BCUT2D eigenvalue weighted by Crippen LogP contribution is -2.54. The first-order valence-corrected chi connectivity index (χ1v) is 11.9. The van der Waals surface area contributed by atoms with Crippen LogP contribution in [-0.2, 0) is 14.8 Å². The topological polar surface area (TPSA) is 88.2 Å². The molecule has 174 valence electrons. The van der Waals surface area contributed by atoms with E-state index in [0.29, 0.717) is 48.3 Å². The van der Waals surface area contributed by atoms with Gasteiger partial charge in [-0.1, -0.05) is 12.1 Å². The van der Waals surface area contributed by atoms with Gasteiger partial charge in [-0.2, -0.15) is 4.31 Å². The third-order valence-corrected chi connectivity index (χ3v) is 7.82. The maximum absolute atomic E-state index is 13.1. The lowest BCUT2D eigenvalue weighted by molar-refractivity contribution is -0.121. The Bertz CT molecular complexity index is 1060. The summed E-state index contributed by atoms with van der Waals surface area (Å²) in [4.78, 5) is 15.2. The average Bonchev–Trinajstić information content (AvgIpc) is 2.79. The number of hydrogen-bond acceptors (Lipinski definition) is 6. The Morgan fingerprint density at radius 2 is 1.56 bits per heavy atom. The Morgan fingerprint density at radius 3 is 2.12 bits per heavy atom. The molecule has 1 amide bonds. The molecular weight excluding hydrogens is 430 g/mol. The standard InChI is InChI=1S/C23H31N3O5S/c1-16-6-7-17(2)22(12-16)32(28,29)26-10-8-25(9-11-26)18(3)23(27)24-19-13-20(30-4)15-21(14-19)31-5/h6-7,12-15,18H,8-11H2,1-5H3,(H,24,27). The van der Waals surface area contributed by atoms with Gasteiger partial charge in [0.2, 0.25) is 15.9 Å². The first-order valence-electron chi connectivity index (χ1n) is 10.5. The fourth-order valence-electron chi connectivity index (χ4n) is 3.75. The highest BCUT2D eigenvalue weighted by atomic mass is 32.2. The van der Waals surface area contributed by atoms with Crippen LogP contribution in [0.25, 0.3) is 0 Å². The maximum atomic E-state index is 13.1. The highest BCUT2D eigenvalue weighted by Crippen LogP contribution is 2.26. The van der Waals surface area contributed by atoms with Gasteiger partial charge in [0.05, 0.1) is 25.2 Å². The van der Waals surface area contributed by atoms with Crippen molar-refractivity contribution in [2.75, 3.05) is 45.7 Å². The van der Waals surface area contributed by atoms with Gasteiger partial charge in [0.1, 0.15) is 11.5 Å². The predicted molar refractivity (Wildman–Crippen MR) is 124 cm³/mol. The van der Waals surface area contributed by atoms with E-state index in [0.717, 1.165) is 11.1 Å². The van der Waals surface area contributed by atoms with E-state index in [1.165, 1.54) is 4.31 Å². The van der Waals surface area contributed by atoms with Crippen molar-refractivity contribution in [2.45, 2.75) is 31.7 Å². The molecule has 2 aromatic rings. The van der Waals surface area contributed by atoms with E-state index in [1.807, 2.05) is 37.8 Å². The zero-order valence-corrected chi connectivity index (χ0v) is 20.0. The van der Waals surface area contributed by atoms with Crippen LogP contribution in [0.4, 0.5) is 5.69 Å². The molecule has 0 radical (unpaired) electrons. The fraction of sp³-hybridized carbons (Fsp3) is 0.435. The van der Waals surface area contributed by atoms with Gasteiger partial charge < -0.3 is 14.8 Å². The van der Waals surface area contributed by atoms with Crippen molar-refractivity contribution in [3.05, 3.63) is 47.5 Å². The second-order valence-electron chi connectivity index (χ2n) is 7.98. The van der Waals surface area contributed by atoms with Crippen molar-refractivity contribution < 1.29 is 22.7 Å². The van der Waals surface area contributed by atoms with Crippen molar-refractivity contribution in [1.82, 2.24) is 9.21 Å². The monoisotopic (exact) mass is 461 g/mol. The fourth-order valence-corrected chi connectivity index (χ4v) is 5.48. The number of methoxy groups -OCH3 is 2. The van der Waals surface area contributed by atoms with E-state index in [-0.39, 0.29) is 5.91 Å². The molecule has 8 nitrogen and oxygen atoms in total. The largest absolute Gasteiger partial charge is 0.497 e. The average molecular weight is 462 g/mol. The van der Waals surface area contributed by atoms with Crippen LogP contribution in [0.3, 0.4) is 0 Å². The van der Waals surface area contributed by atoms with Gasteiger partial charge in [-0.3, -0.25) is 9.69 Å². The number of aryl methyl sites for hydroxylation is 2. The number of carbonyl (C=O) groups excluding carboxylic acids is 1. The first kappa shape index (κ1) is 24.0. The maximum Gasteiger partial charge on any atom is 0.243 e. The molecule has 1 heterocycles.